The molecule has 0 amide bonds. The molecular formula is C26H21N3O3. The Kier molecular flexibility index (Phi) is 5.03. The zero-order valence-corrected chi connectivity index (χ0v) is 17.6. The van der Waals surface area contributed by atoms with E-state index in [4.69, 9.17) is 4.74 Å². The van der Waals surface area contributed by atoms with Crippen molar-refractivity contribution in [2.24, 2.45) is 0 Å². The van der Waals surface area contributed by atoms with E-state index in [9.17, 15) is 9.59 Å². The Labute approximate surface area is 184 Å². The molecule has 3 aromatic carbocycles. The third kappa shape index (κ3) is 3.46. The second-order valence-corrected chi connectivity index (χ2v) is 7.62. The van der Waals surface area contributed by atoms with Crippen LogP contribution in [0.15, 0.2) is 94.6 Å². The second kappa shape index (κ2) is 8.15. The van der Waals surface area contributed by atoms with Gasteiger partial charge < -0.3 is 4.74 Å². The predicted octanol–water partition coefficient (Wildman–Crippen LogP) is 3.82. The van der Waals surface area contributed by atoms with Crippen LogP contribution in [0.3, 0.4) is 0 Å². The van der Waals surface area contributed by atoms with E-state index < -0.39 is 5.56 Å². The third-order valence-electron chi connectivity index (χ3n) is 5.69. The molecule has 0 aliphatic rings. The summed E-state index contributed by atoms with van der Waals surface area (Å²) in [5.74, 6) is 0.717. The van der Waals surface area contributed by atoms with E-state index in [1.807, 2.05) is 66.7 Å². The molecule has 0 atom stereocenters. The van der Waals surface area contributed by atoms with Gasteiger partial charge in [0.05, 0.1) is 25.7 Å². The maximum absolute atomic E-state index is 13.5. The molecule has 0 aliphatic heterocycles. The first-order valence-corrected chi connectivity index (χ1v) is 10.3. The van der Waals surface area contributed by atoms with Gasteiger partial charge in [-0.2, -0.15) is 0 Å². The number of aromatic nitrogens is 3. The number of rotatable bonds is 5. The maximum Gasteiger partial charge on any atom is 0.332 e. The molecule has 158 valence electrons. The third-order valence-corrected chi connectivity index (χ3v) is 5.69. The molecule has 2 heterocycles. The van der Waals surface area contributed by atoms with Gasteiger partial charge in [0.1, 0.15) is 5.75 Å². The molecule has 0 saturated heterocycles. The van der Waals surface area contributed by atoms with Gasteiger partial charge in [-0.3, -0.25) is 13.9 Å². The van der Waals surface area contributed by atoms with Crippen LogP contribution in [0.2, 0.25) is 0 Å². The standard InChI is InChI=1S/C26H21N3O3/c1-32-21-13-11-18(12-14-21)16-29-25(30)24-23(10-5-15-27-24)28(26(29)31)17-20-8-4-7-19-6-2-3-9-22(19)20/h2-15H,16-17H2,1H3. The predicted molar refractivity (Wildman–Crippen MR) is 125 cm³/mol. The molecule has 6 heteroatoms. The molecular weight excluding hydrogens is 402 g/mol. The molecule has 0 fully saturated rings. The van der Waals surface area contributed by atoms with Crippen LogP contribution in [0.1, 0.15) is 11.1 Å². The van der Waals surface area contributed by atoms with Gasteiger partial charge in [0, 0.05) is 6.20 Å². The van der Waals surface area contributed by atoms with Crippen molar-refractivity contribution in [3.63, 3.8) is 0 Å². The molecule has 0 unspecified atom stereocenters. The summed E-state index contributed by atoms with van der Waals surface area (Å²) < 4.78 is 8.09. The van der Waals surface area contributed by atoms with Gasteiger partial charge in [-0.15, -0.1) is 0 Å². The molecule has 6 nitrogen and oxygen atoms in total. The molecule has 32 heavy (non-hydrogen) atoms. The van der Waals surface area contributed by atoms with E-state index in [-0.39, 0.29) is 17.8 Å². The number of hydrogen-bond donors (Lipinski definition) is 0. The topological polar surface area (TPSA) is 66.1 Å². The Morgan fingerprint density at radius 2 is 1.59 bits per heavy atom. The first-order chi connectivity index (χ1) is 15.7. The number of benzene rings is 3. The van der Waals surface area contributed by atoms with Crippen molar-refractivity contribution in [1.29, 1.82) is 0 Å². The average molecular weight is 423 g/mol. The number of nitrogens with zero attached hydrogens (tertiary/aromatic N) is 3. The van der Waals surface area contributed by atoms with Crippen molar-refractivity contribution in [2.75, 3.05) is 7.11 Å². The second-order valence-electron chi connectivity index (χ2n) is 7.62. The maximum atomic E-state index is 13.5. The van der Waals surface area contributed by atoms with E-state index in [0.717, 1.165) is 27.6 Å². The summed E-state index contributed by atoms with van der Waals surface area (Å²) in [4.78, 5) is 31.0. The van der Waals surface area contributed by atoms with Crippen LogP contribution in [0.4, 0.5) is 0 Å². The Morgan fingerprint density at radius 1 is 0.812 bits per heavy atom. The minimum Gasteiger partial charge on any atom is -0.497 e. The summed E-state index contributed by atoms with van der Waals surface area (Å²) in [5.41, 5.74) is 1.89. The fourth-order valence-electron chi connectivity index (χ4n) is 4.05. The van der Waals surface area contributed by atoms with Gasteiger partial charge in [-0.1, -0.05) is 54.6 Å². The molecule has 0 aliphatic carbocycles. The molecule has 5 rings (SSSR count). The van der Waals surface area contributed by atoms with E-state index in [2.05, 4.69) is 4.98 Å². The number of ether oxygens (including phenoxy) is 1. The van der Waals surface area contributed by atoms with Crippen molar-refractivity contribution in [3.05, 3.63) is 117 Å². The van der Waals surface area contributed by atoms with Crippen LogP contribution in [-0.2, 0) is 13.1 Å². The Hall–Kier alpha value is -4.19. The first kappa shape index (κ1) is 19.8. The zero-order chi connectivity index (χ0) is 22.1. The van der Waals surface area contributed by atoms with Crippen LogP contribution in [0.5, 0.6) is 5.75 Å². The lowest BCUT2D eigenvalue weighted by Crippen LogP contribution is -2.40. The molecule has 0 radical (unpaired) electrons. The van der Waals surface area contributed by atoms with Crippen molar-refractivity contribution in [3.8, 4) is 5.75 Å². The van der Waals surface area contributed by atoms with Crippen LogP contribution in [-0.4, -0.2) is 21.2 Å². The van der Waals surface area contributed by atoms with E-state index in [1.54, 1.807) is 30.0 Å². The summed E-state index contributed by atoms with van der Waals surface area (Å²) in [6, 6.07) is 25.0. The quantitative estimate of drug-likeness (QED) is 0.431. The number of methoxy groups -OCH3 is 1. The van der Waals surface area contributed by atoms with Crippen LogP contribution < -0.4 is 16.0 Å². The van der Waals surface area contributed by atoms with Gasteiger partial charge >= 0.3 is 5.69 Å². The summed E-state index contributed by atoms with van der Waals surface area (Å²) in [6.45, 7) is 0.495. The molecule has 2 aromatic heterocycles. The largest absolute Gasteiger partial charge is 0.497 e. The lowest BCUT2D eigenvalue weighted by atomic mass is 10.0. The lowest BCUT2D eigenvalue weighted by Gasteiger charge is -2.15. The first-order valence-electron chi connectivity index (χ1n) is 10.3. The Balaban J connectivity index is 1.68. The molecule has 0 spiro atoms. The minimum atomic E-state index is -0.393. The highest BCUT2D eigenvalue weighted by Gasteiger charge is 2.15. The monoisotopic (exact) mass is 423 g/mol. The highest BCUT2D eigenvalue weighted by Crippen LogP contribution is 2.20. The fraction of sp³-hybridized carbons (Fsp3) is 0.115. The lowest BCUT2D eigenvalue weighted by molar-refractivity contribution is 0.414. The van der Waals surface area contributed by atoms with Crippen LogP contribution >= 0.6 is 0 Å². The van der Waals surface area contributed by atoms with Gasteiger partial charge in [0.2, 0.25) is 0 Å². The highest BCUT2D eigenvalue weighted by molar-refractivity contribution is 5.85. The Bertz CT molecular complexity index is 1540. The summed E-state index contributed by atoms with van der Waals surface area (Å²) in [5, 5.41) is 2.18. The fourth-order valence-corrected chi connectivity index (χ4v) is 4.05. The summed E-state index contributed by atoms with van der Waals surface area (Å²) >= 11 is 0. The Morgan fingerprint density at radius 3 is 2.41 bits per heavy atom. The van der Waals surface area contributed by atoms with E-state index in [1.165, 1.54) is 4.57 Å². The number of fused-ring (bicyclic) bond motifs is 2. The molecule has 5 aromatic rings. The van der Waals surface area contributed by atoms with Crippen LogP contribution in [0.25, 0.3) is 21.8 Å². The van der Waals surface area contributed by atoms with E-state index in [0.29, 0.717) is 12.1 Å². The van der Waals surface area contributed by atoms with Crippen molar-refractivity contribution < 1.29 is 4.74 Å². The molecule has 0 saturated carbocycles. The SMILES string of the molecule is COc1ccc(Cn2c(=O)c3ncccc3n(Cc3cccc4ccccc34)c2=O)cc1. The van der Waals surface area contributed by atoms with Gasteiger partial charge in [0.25, 0.3) is 5.56 Å². The number of pyridine rings is 1. The van der Waals surface area contributed by atoms with Gasteiger partial charge in [0.15, 0.2) is 5.52 Å². The average Bonchev–Trinajstić information content (AvgIpc) is 2.85. The highest BCUT2D eigenvalue weighted by atomic mass is 16.5. The summed E-state index contributed by atoms with van der Waals surface area (Å²) in [6.07, 6.45) is 1.58. The normalized spacial score (nSPS) is 11.2. The minimum absolute atomic E-state index is 0.156. The number of hydrogen-bond acceptors (Lipinski definition) is 4. The molecule has 0 N–H and O–H groups in total. The van der Waals surface area contributed by atoms with Crippen molar-refractivity contribution in [1.82, 2.24) is 14.1 Å². The van der Waals surface area contributed by atoms with E-state index >= 15 is 0 Å². The molecule has 0 bridgehead atoms. The van der Waals surface area contributed by atoms with Gasteiger partial charge in [-0.05, 0) is 46.2 Å². The van der Waals surface area contributed by atoms with Crippen molar-refractivity contribution >= 4 is 21.8 Å². The van der Waals surface area contributed by atoms with Gasteiger partial charge in [-0.25, -0.2) is 9.78 Å². The summed E-state index contributed by atoms with van der Waals surface area (Å²) in [7, 11) is 1.60. The zero-order valence-electron chi connectivity index (χ0n) is 17.6. The van der Waals surface area contributed by atoms with Crippen LogP contribution in [0, 0.1) is 0 Å². The smallest absolute Gasteiger partial charge is 0.332 e. The van der Waals surface area contributed by atoms with Crippen molar-refractivity contribution in [2.45, 2.75) is 13.1 Å².